The minimum Gasteiger partial charge on any atom is -0.452 e. The third-order valence-electron chi connectivity index (χ3n) is 3.28. The Hall–Kier alpha value is -1.63. The third-order valence-corrected chi connectivity index (χ3v) is 7.44. The Bertz CT molecular complexity index is 473. The Kier molecular flexibility index (Phi) is 4.51. The fourth-order valence-corrected chi connectivity index (χ4v) is 1.59. The molecule has 0 saturated heterocycles. The van der Waals surface area contributed by atoms with Gasteiger partial charge < -0.3 is 9.84 Å². The second-order valence-electron chi connectivity index (χ2n) is 5.95. The van der Waals surface area contributed by atoms with Crippen LogP contribution in [0.1, 0.15) is 20.8 Å². The summed E-state index contributed by atoms with van der Waals surface area (Å²) >= 11 is 0. The molecule has 1 aromatic rings. The quantitative estimate of drug-likeness (QED) is 0.401. The van der Waals surface area contributed by atoms with E-state index in [-0.39, 0.29) is 5.04 Å². The van der Waals surface area contributed by atoms with Gasteiger partial charge in [0.25, 0.3) is 14.3 Å². The van der Waals surface area contributed by atoms with Gasteiger partial charge in [-0.3, -0.25) is 4.68 Å². The highest BCUT2D eigenvalue weighted by Crippen LogP contribution is 2.36. The summed E-state index contributed by atoms with van der Waals surface area (Å²) in [5.74, 6) is 0.345. The summed E-state index contributed by atoms with van der Waals surface area (Å²) in [4.78, 5) is 3.83. The second kappa shape index (κ2) is 5.56. The zero-order valence-electron chi connectivity index (χ0n) is 12.6. The first-order valence-corrected chi connectivity index (χ1v) is 9.05. The summed E-state index contributed by atoms with van der Waals surface area (Å²) in [5.41, 5.74) is 0.799. The summed E-state index contributed by atoms with van der Waals surface area (Å²) in [6, 6.07) is 0. The minimum atomic E-state index is -1.93. The van der Waals surface area contributed by atoms with Gasteiger partial charge in [-0.1, -0.05) is 25.9 Å². The molecule has 0 radical (unpaired) electrons. The fraction of sp³-hybridized carbons (Fsp3) is 0.583. The lowest BCUT2D eigenvalue weighted by molar-refractivity contribution is 0.307. The second-order valence-corrected chi connectivity index (χ2v) is 10.7. The molecule has 1 aromatic heterocycles. The SMILES string of the molecule is C=N/C(=N\O[Si](C)(C)C(C)(C)C)Nc1cnn(C)c1. The van der Waals surface area contributed by atoms with Crippen LogP contribution in [0.5, 0.6) is 0 Å². The Morgan fingerprint density at radius 1 is 1.47 bits per heavy atom. The number of aromatic nitrogens is 2. The molecule has 0 aliphatic heterocycles. The van der Waals surface area contributed by atoms with Gasteiger partial charge in [-0.2, -0.15) is 5.10 Å². The molecule has 0 aliphatic rings. The molecule has 0 bridgehead atoms. The average Bonchev–Trinajstić information content (AvgIpc) is 2.68. The maximum absolute atomic E-state index is 5.73. The van der Waals surface area contributed by atoms with Gasteiger partial charge in [0, 0.05) is 13.2 Å². The monoisotopic (exact) mass is 281 g/mol. The van der Waals surface area contributed by atoms with E-state index in [9.17, 15) is 0 Å². The van der Waals surface area contributed by atoms with Crippen LogP contribution in [0.3, 0.4) is 0 Å². The highest BCUT2D eigenvalue weighted by atomic mass is 28.4. The van der Waals surface area contributed by atoms with E-state index in [0.717, 1.165) is 5.69 Å². The number of hydrogen-bond donors (Lipinski definition) is 1. The van der Waals surface area contributed by atoms with Crippen molar-refractivity contribution in [1.82, 2.24) is 9.78 Å². The first kappa shape index (κ1) is 15.4. The van der Waals surface area contributed by atoms with E-state index in [4.69, 9.17) is 4.53 Å². The zero-order chi connectivity index (χ0) is 14.7. The molecule has 0 amide bonds. The number of aliphatic imine (C=N–C) groups is 1. The van der Waals surface area contributed by atoms with Gasteiger partial charge in [0.1, 0.15) is 0 Å². The molecule has 0 fully saturated rings. The van der Waals surface area contributed by atoms with Crippen LogP contribution >= 0.6 is 0 Å². The minimum absolute atomic E-state index is 0.0943. The predicted molar refractivity (Wildman–Crippen MR) is 82.1 cm³/mol. The molecule has 19 heavy (non-hydrogen) atoms. The topological polar surface area (TPSA) is 63.8 Å². The molecule has 1 rings (SSSR count). The van der Waals surface area contributed by atoms with E-state index in [2.05, 4.69) is 61.1 Å². The highest BCUT2D eigenvalue weighted by molar-refractivity contribution is 6.74. The summed E-state index contributed by atoms with van der Waals surface area (Å²) in [6.07, 6.45) is 3.51. The van der Waals surface area contributed by atoms with E-state index in [1.165, 1.54) is 0 Å². The van der Waals surface area contributed by atoms with Crippen molar-refractivity contribution in [2.24, 2.45) is 17.2 Å². The van der Waals surface area contributed by atoms with Gasteiger partial charge in [-0.15, -0.1) is 0 Å². The molecule has 0 saturated carbocycles. The lowest BCUT2D eigenvalue weighted by Gasteiger charge is -2.33. The maximum Gasteiger partial charge on any atom is 0.286 e. The van der Waals surface area contributed by atoms with Gasteiger partial charge in [0.15, 0.2) is 0 Å². The van der Waals surface area contributed by atoms with Crippen LogP contribution in [0, 0.1) is 0 Å². The first-order valence-electron chi connectivity index (χ1n) is 6.14. The predicted octanol–water partition coefficient (Wildman–Crippen LogP) is 2.83. The summed E-state index contributed by atoms with van der Waals surface area (Å²) in [6.45, 7) is 14.2. The molecular weight excluding hydrogens is 258 g/mol. The van der Waals surface area contributed by atoms with Gasteiger partial charge in [-0.25, -0.2) is 4.99 Å². The first-order chi connectivity index (χ1) is 8.65. The van der Waals surface area contributed by atoms with Crippen LogP contribution in [-0.2, 0) is 11.6 Å². The normalized spacial score (nSPS) is 13.3. The van der Waals surface area contributed by atoms with Crippen molar-refractivity contribution in [3.63, 3.8) is 0 Å². The molecule has 0 unspecified atom stereocenters. The Morgan fingerprint density at radius 3 is 2.53 bits per heavy atom. The van der Waals surface area contributed by atoms with E-state index < -0.39 is 8.32 Å². The van der Waals surface area contributed by atoms with Crippen molar-refractivity contribution in [1.29, 1.82) is 0 Å². The number of rotatable bonds is 3. The number of nitrogens with zero attached hydrogens (tertiary/aromatic N) is 4. The number of oxime groups is 1. The van der Waals surface area contributed by atoms with Gasteiger partial charge in [0.05, 0.1) is 11.9 Å². The lowest BCUT2D eigenvalue weighted by atomic mass is 10.2. The van der Waals surface area contributed by atoms with Gasteiger partial charge in [0.2, 0.25) is 0 Å². The van der Waals surface area contributed by atoms with Crippen LogP contribution in [0.15, 0.2) is 22.5 Å². The van der Waals surface area contributed by atoms with Crippen molar-refractivity contribution in [2.45, 2.75) is 38.9 Å². The Morgan fingerprint density at radius 2 is 2.11 bits per heavy atom. The van der Waals surface area contributed by atoms with Crippen molar-refractivity contribution >= 4 is 26.7 Å². The average molecular weight is 281 g/mol. The molecule has 1 heterocycles. The fourth-order valence-electron chi connectivity index (χ4n) is 1.00. The third kappa shape index (κ3) is 4.20. The Labute approximate surface area is 115 Å². The van der Waals surface area contributed by atoms with Crippen molar-refractivity contribution in [3.05, 3.63) is 12.4 Å². The van der Waals surface area contributed by atoms with Crippen molar-refractivity contribution in [3.8, 4) is 0 Å². The number of hydrogen-bond acceptors (Lipinski definition) is 3. The van der Waals surface area contributed by atoms with E-state index in [0.29, 0.717) is 5.96 Å². The standard InChI is InChI=1S/C12H23N5OSi/c1-12(2,3)19(6,7)18-16-11(13-4)15-10-8-14-17(5)9-10/h8-9H,4H2,1-3,5-7H3,(H,15,16). The van der Waals surface area contributed by atoms with Gasteiger partial charge in [-0.05, 0) is 24.8 Å². The van der Waals surface area contributed by atoms with Crippen LogP contribution in [0.2, 0.25) is 18.1 Å². The summed E-state index contributed by atoms with van der Waals surface area (Å²) in [7, 11) is -0.0893. The van der Waals surface area contributed by atoms with Crippen LogP contribution in [0.25, 0.3) is 0 Å². The highest BCUT2D eigenvalue weighted by Gasteiger charge is 2.40. The van der Waals surface area contributed by atoms with Crippen molar-refractivity contribution in [2.75, 3.05) is 5.32 Å². The largest absolute Gasteiger partial charge is 0.452 e. The van der Waals surface area contributed by atoms with Crippen LogP contribution in [-0.4, -0.2) is 30.8 Å². The van der Waals surface area contributed by atoms with Crippen LogP contribution < -0.4 is 5.32 Å². The van der Waals surface area contributed by atoms with E-state index in [1.807, 2.05) is 13.2 Å². The van der Waals surface area contributed by atoms with E-state index in [1.54, 1.807) is 10.9 Å². The number of anilines is 1. The zero-order valence-corrected chi connectivity index (χ0v) is 13.6. The molecule has 0 aromatic carbocycles. The molecular formula is C12H23N5OSi. The number of aryl methyl sites for hydroxylation is 1. The maximum atomic E-state index is 5.73. The molecule has 0 spiro atoms. The molecule has 106 valence electrons. The molecule has 0 aliphatic carbocycles. The number of guanidine groups is 1. The van der Waals surface area contributed by atoms with Crippen LogP contribution in [0.4, 0.5) is 5.69 Å². The lowest BCUT2D eigenvalue weighted by Crippen LogP contribution is -2.39. The molecule has 7 heteroatoms. The smallest absolute Gasteiger partial charge is 0.286 e. The molecule has 1 N–H and O–H groups in total. The number of nitrogens with one attached hydrogen (secondary N) is 1. The Balaban J connectivity index is 2.75. The van der Waals surface area contributed by atoms with Gasteiger partial charge >= 0.3 is 0 Å². The van der Waals surface area contributed by atoms with Crippen molar-refractivity contribution < 1.29 is 4.53 Å². The molecule has 0 atom stereocenters. The summed E-state index contributed by atoms with van der Waals surface area (Å²) in [5, 5.41) is 11.2. The van der Waals surface area contributed by atoms with E-state index >= 15 is 0 Å². The molecule has 6 nitrogen and oxygen atoms in total. The summed E-state index contributed by atoms with van der Waals surface area (Å²) < 4.78 is 7.42.